The van der Waals surface area contributed by atoms with Crippen LogP contribution < -0.4 is 5.73 Å². The maximum absolute atomic E-state index is 13.0. The molecule has 1 heterocycles. The van der Waals surface area contributed by atoms with Crippen LogP contribution in [0.4, 0.5) is 32.0 Å². The van der Waals surface area contributed by atoms with Crippen LogP contribution in [0.1, 0.15) is 5.69 Å². The van der Waals surface area contributed by atoms with Crippen molar-refractivity contribution in [2.75, 3.05) is 5.73 Å². The Kier molecular flexibility index (Phi) is 2.91. The number of hydrogen-bond acceptors (Lipinski definition) is 2. The lowest BCUT2D eigenvalue weighted by atomic mass is 10.2. The zero-order valence-electron chi connectivity index (χ0n) is 8.97. The first-order chi connectivity index (χ1) is 8.71. The number of nitrogens with zero attached hydrogens (tertiary/aromatic N) is 2. The highest BCUT2D eigenvalue weighted by molar-refractivity contribution is 5.47. The third-order valence-corrected chi connectivity index (χ3v) is 2.28. The van der Waals surface area contributed by atoms with Crippen LogP contribution >= 0.6 is 0 Å². The number of rotatable bonds is 1. The topological polar surface area (TPSA) is 43.8 Å². The van der Waals surface area contributed by atoms with Crippen molar-refractivity contribution in [3.8, 4) is 5.69 Å². The highest BCUT2D eigenvalue weighted by Gasteiger charge is 2.38. The third-order valence-electron chi connectivity index (χ3n) is 2.28. The largest absolute Gasteiger partial charge is 0.435 e. The molecule has 2 N–H and O–H groups in total. The quantitative estimate of drug-likeness (QED) is 0.645. The number of anilines is 1. The maximum Gasteiger partial charge on any atom is 0.435 e. The van der Waals surface area contributed by atoms with E-state index in [4.69, 9.17) is 5.73 Å². The van der Waals surface area contributed by atoms with E-state index in [0.29, 0.717) is 18.3 Å². The number of halogens is 6. The normalized spacial score (nSPS) is 11.9. The average Bonchev–Trinajstić information content (AvgIpc) is 2.67. The summed E-state index contributed by atoms with van der Waals surface area (Å²) < 4.78 is 77.0. The lowest BCUT2D eigenvalue weighted by Gasteiger charge is -2.11. The summed E-state index contributed by atoms with van der Waals surface area (Å²) in [5.41, 5.74) is 2.38. The van der Waals surface area contributed by atoms with E-state index in [1.165, 1.54) is 0 Å². The molecule has 0 radical (unpaired) electrons. The molecule has 0 aliphatic carbocycles. The first kappa shape index (κ1) is 13.2. The van der Waals surface area contributed by atoms with Crippen LogP contribution in [0.2, 0.25) is 0 Å². The minimum atomic E-state index is -4.87. The van der Waals surface area contributed by atoms with Crippen molar-refractivity contribution in [2.24, 2.45) is 0 Å². The molecular weight excluding hydrogens is 276 g/mol. The second-order valence-corrected chi connectivity index (χ2v) is 3.58. The van der Waals surface area contributed by atoms with Crippen LogP contribution in [0.25, 0.3) is 5.69 Å². The van der Waals surface area contributed by atoms with Crippen LogP contribution in [0, 0.1) is 17.5 Å². The Bertz CT molecular complexity index is 608. The highest BCUT2D eigenvalue weighted by atomic mass is 19.4. The Morgan fingerprint density at radius 2 is 1.58 bits per heavy atom. The number of nitrogen functional groups attached to an aromatic ring is 1. The van der Waals surface area contributed by atoms with Gasteiger partial charge in [0.05, 0.1) is 17.6 Å². The second kappa shape index (κ2) is 4.18. The first-order valence-corrected chi connectivity index (χ1v) is 4.77. The summed E-state index contributed by atoms with van der Waals surface area (Å²) in [7, 11) is 0. The maximum atomic E-state index is 13.0. The van der Waals surface area contributed by atoms with Gasteiger partial charge in [0, 0.05) is 12.1 Å². The fraction of sp³-hybridized carbons (Fsp3) is 0.100. The number of hydrogen-bond donors (Lipinski definition) is 1. The van der Waals surface area contributed by atoms with Crippen molar-refractivity contribution >= 4 is 5.69 Å². The predicted molar refractivity (Wildman–Crippen MR) is 52.9 cm³/mol. The number of benzene rings is 1. The van der Waals surface area contributed by atoms with Gasteiger partial charge in [-0.2, -0.15) is 18.3 Å². The monoisotopic (exact) mass is 281 g/mol. The van der Waals surface area contributed by atoms with Gasteiger partial charge in [-0.15, -0.1) is 0 Å². The molecule has 0 saturated carbocycles. The molecule has 0 amide bonds. The fourth-order valence-corrected chi connectivity index (χ4v) is 1.51. The van der Waals surface area contributed by atoms with Crippen LogP contribution in [-0.2, 0) is 6.18 Å². The zero-order valence-corrected chi connectivity index (χ0v) is 8.97. The van der Waals surface area contributed by atoms with E-state index in [2.05, 4.69) is 5.10 Å². The highest BCUT2D eigenvalue weighted by Crippen LogP contribution is 2.35. The van der Waals surface area contributed by atoms with Crippen molar-refractivity contribution in [1.82, 2.24) is 9.78 Å². The Labute approximate surface area is 102 Å². The molecule has 0 unspecified atom stereocenters. The van der Waals surface area contributed by atoms with Gasteiger partial charge < -0.3 is 5.73 Å². The molecule has 19 heavy (non-hydrogen) atoms. The van der Waals surface area contributed by atoms with Gasteiger partial charge in [0.25, 0.3) is 0 Å². The number of alkyl halides is 3. The minimum absolute atomic E-state index is 0.195. The van der Waals surface area contributed by atoms with Gasteiger partial charge in [0.15, 0.2) is 23.1 Å². The summed E-state index contributed by atoms with van der Waals surface area (Å²) in [5, 5.41) is 3.28. The Hall–Kier alpha value is -2.19. The van der Waals surface area contributed by atoms with Gasteiger partial charge in [0.1, 0.15) is 0 Å². The molecule has 3 nitrogen and oxygen atoms in total. The lowest BCUT2D eigenvalue weighted by molar-refractivity contribution is -0.142. The Balaban J connectivity index is 2.67. The molecular formula is C10H5F6N3. The summed E-state index contributed by atoms with van der Waals surface area (Å²) >= 11 is 0. The molecule has 2 aromatic rings. The van der Waals surface area contributed by atoms with Gasteiger partial charge in [-0.1, -0.05) is 0 Å². The van der Waals surface area contributed by atoms with E-state index in [1.54, 1.807) is 0 Å². The molecule has 1 aromatic heterocycles. The van der Waals surface area contributed by atoms with E-state index in [1.807, 2.05) is 0 Å². The summed E-state index contributed by atoms with van der Waals surface area (Å²) in [6, 6.07) is 0.778. The molecule has 1 aromatic carbocycles. The van der Waals surface area contributed by atoms with E-state index in [-0.39, 0.29) is 4.68 Å². The molecule has 0 aliphatic rings. The first-order valence-electron chi connectivity index (χ1n) is 4.77. The van der Waals surface area contributed by atoms with E-state index in [9.17, 15) is 26.3 Å². The van der Waals surface area contributed by atoms with Crippen molar-refractivity contribution in [3.63, 3.8) is 0 Å². The Morgan fingerprint density at radius 1 is 1.05 bits per heavy atom. The minimum Gasteiger partial charge on any atom is -0.396 e. The standard InChI is InChI=1S/C10H5F6N3/c11-5-1-4(2-6(12)8(5)13)19-9(10(14,15)16)7(17)3-18-19/h1-3H,17H2. The number of aromatic nitrogens is 2. The summed E-state index contributed by atoms with van der Waals surface area (Å²) in [5.74, 6) is -5.04. The molecule has 9 heteroatoms. The van der Waals surface area contributed by atoms with Gasteiger partial charge in [-0.25, -0.2) is 17.9 Å². The summed E-state index contributed by atoms with van der Waals surface area (Å²) in [6.45, 7) is 0. The van der Waals surface area contributed by atoms with Crippen LogP contribution in [0.15, 0.2) is 18.3 Å². The van der Waals surface area contributed by atoms with Crippen molar-refractivity contribution in [1.29, 1.82) is 0 Å². The number of nitrogens with two attached hydrogens (primary N) is 1. The molecule has 0 atom stereocenters. The van der Waals surface area contributed by atoms with Crippen molar-refractivity contribution in [3.05, 3.63) is 41.5 Å². The van der Waals surface area contributed by atoms with Crippen molar-refractivity contribution in [2.45, 2.75) is 6.18 Å². The van der Waals surface area contributed by atoms with E-state index in [0.717, 1.165) is 0 Å². The van der Waals surface area contributed by atoms with Gasteiger partial charge in [-0.05, 0) is 0 Å². The van der Waals surface area contributed by atoms with Gasteiger partial charge in [-0.3, -0.25) is 0 Å². The zero-order chi connectivity index (χ0) is 14.4. The molecule has 0 saturated heterocycles. The van der Waals surface area contributed by atoms with E-state index >= 15 is 0 Å². The van der Waals surface area contributed by atoms with Crippen LogP contribution in [-0.4, -0.2) is 9.78 Å². The summed E-state index contributed by atoms with van der Waals surface area (Å²) in [6.07, 6.45) is -4.19. The second-order valence-electron chi connectivity index (χ2n) is 3.58. The molecule has 0 aliphatic heterocycles. The predicted octanol–water partition coefficient (Wildman–Crippen LogP) is 2.89. The van der Waals surface area contributed by atoms with Crippen LogP contribution in [0.3, 0.4) is 0 Å². The van der Waals surface area contributed by atoms with Gasteiger partial charge >= 0.3 is 6.18 Å². The summed E-state index contributed by atoms with van der Waals surface area (Å²) in [4.78, 5) is 0. The molecule has 0 spiro atoms. The molecule has 0 bridgehead atoms. The van der Waals surface area contributed by atoms with Crippen molar-refractivity contribution < 1.29 is 26.3 Å². The van der Waals surface area contributed by atoms with Crippen LogP contribution in [0.5, 0.6) is 0 Å². The molecule has 0 fully saturated rings. The Morgan fingerprint density at radius 3 is 2.05 bits per heavy atom. The SMILES string of the molecule is Nc1cnn(-c2cc(F)c(F)c(F)c2)c1C(F)(F)F. The third kappa shape index (κ3) is 2.23. The molecule has 2 rings (SSSR count). The average molecular weight is 281 g/mol. The smallest absolute Gasteiger partial charge is 0.396 e. The van der Waals surface area contributed by atoms with Gasteiger partial charge in [0.2, 0.25) is 0 Å². The molecule has 102 valence electrons. The fourth-order valence-electron chi connectivity index (χ4n) is 1.51. The lowest BCUT2D eigenvalue weighted by Crippen LogP contribution is -2.15. The van der Waals surface area contributed by atoms with E-state index < -0.39 is 40.7 Å².